The van der Waals surface area contributed by atoms with Gasteiger partial charge in [0.1, 0.15) is 0 Å². The van der Waals surface area contributed by atoms with Crippen molar-refractivity contribution in [1.29, 1.82) is 0 Å². The Morgan fingerprint density at radius 1 is 0.974 bits per heavy atom. The van der Waals surface area contributed by atoms with Crippen molar-refractivity contribution in [2.45, 2.75) is 90.4 Å². The van der Waals surface area contributed by atoms with Crippen LogP contribution in [0.2, 0.25) is 0 Å². The molecule has 3 aromatic rings. The number of fused-ring (bicyclic) bond motifs is 1. The highest BCUT2D eigenvalue weighted by molar-refractivity contribution is 5.93. The van der Waals surface area contributed by atoms with Crippen molar-refractivity contribution in [3.05, 3.63) is 93.7 Å². The standard InChI is InChI=1S/C33H39NO4/c1-4-5-6-10-15-24-22-28-25(16-11-12-19-33(28,2)3)21-27(24)32(37)38-30-18-17-26(31(35)36)29(34-30)20-23-13-8-7-9-14-23/h7-9,13-14,17-18,21-22H,4-6,10-12,15-16,19-20H2,1-3H3,(H,35,36). The lowest BCUT2D eigenvalue weighted by molar-refractivity contribution is 0.0695. The molecular formula is C33H39NO4. The van der Waals surface area contributed by atoms with E-state index in [1.807, 2.05) is 30.3 Å². The number of carbonyl (C=O) groups is 2. The maximum Gasteiger partial charge on any atom is 0.345 e. The molecule has 0 spiro atoms. The molecule has 5 nitrogen and oxygen atoms in total. The van der Waals surface area contributed by atoms with Crippen LogP contribution in [-0.2, 0) is 24.7 Å². The third kappa shape index (κ3) is 6.69. The van der Waals surface area contributed by atoms with Gasteiger partial charge in [-0.3, -0.25) is 0 Å². The number of aromatic nitrogens is 1. The Kier molecular flexibility index (Phi) is 8.98. The molecule has 0 aliphatic heterocycles. The van der Waals surface area contributed by atoms with Crippen LogP contribution in [0, 0.1) is 0 Å². The van der Waals surface area contributed by atoms with E-state index >= 15 is 0 Å². The molecule has 0 atom stereocenters. The van der Waals surface area contributed by atoms with E-state index in [9.17, 15) is 14.7 Å². The molecule has 1 aliphatic carbocycles. The lowest BCUT2D eigenvalue weighted by Gasteiger charge is -2.27. The average Bonchev–Trinajstić information content (AvgIpc) is 3.04. The molecule has 1 N–H and O–H groups in total. The molecule has 38 heavy (non-hydrogen) atoms. The van der Waals surface area contributed by atoms with Crippen LogP contribution in [0.1, 0.15) is 114 Å². The van der Waals surface area contributed by atoms with Crippen LogP contribution in [0.15, 0.2) is 54.6 Å². The van der Waals surface area contributed by atoms with E-state index in [1.54, 1.807) is 0 Å². The Labute approximate surface area is 226 Å². The Hall–Kier alpha value is -3.47. The van der Waals surface area contributed by atoms with Gasteiger partial charge in [-0.25, -0.2) is 14.6 Å². The maximum atomic E-state index is 13.6. The van der Waals surface area contributed by atoms with Crippen molar-refractivity contribution >= 4 is 11.9 Å². The van der Waals surface area contributed by atoms with Gasteiger partial charge in [0, 0.05) is 12.5 Å². The number of pyridine rings is 1. The number of carbonyl (C=O) groups excluding carboxylic acids is 1. The lowest BCUT2D eigenvalue weighted by Crippen LogP contribution is -2.20. The van der Waals surface area contributed by atoms with Crippen LogP contribution in [0.3, 0.4) is 0 Å². The average molecular weight is 514 g/mol. The van der Waals surface area contributed by atoms with Gasteiger partial charge in [0.2, 0.25) is 5.88 Å². The highest BCUT2D eigenvalue weighted by atomic mass is 16.5. The third-order valence-corrected chi connectivity index (χ3v) is 7.67. The number of carboxylic acid groups (broad SMARTS) is 1. The fourth-order valence-electron chi connectivity index (χ4n) is 5.49. The lowest BCUT2D eigenvalue weighted by atomic mass is 9.78. The second-order valence-corrected chi connectivity index (χ2v) is 11.1. The topological polar surface area (TPSA) is 76.5 Å². The minimum Gasteiger partial charge on any atom is -0.478 e. The summed E-state index contributed by atoms with van der Waals surface area (Å²) >= 11 is 0. The summed E-state index contributed by atoms with van der Waals surface area (Å²) in [6, 6.07) is 16.8. The van der Waals surface area contributed by atoms with Crippen LogP contribution >= 0.6 is 0 Å². The Balaban J connectivity index is 1.65. The third-order valence-electron chi connectivity index (χ3n) is 7.67. The first-order valence-electron chi connectivity index (χ1n) is 13.9. The summed E-state index contributed by atoms with van der Waals surface area (Å²) < 4.78 is 5.81. The molecule has 0 radical (unpaired) electrons. The van der Waals surface area contributed by atoms with Gasteiger partial charge in [-0.05, 0) is 71.9 Å². The summed E-state index contributed by atoms with van der Waals surface area (Å²) in [5.41, 5.74) is 5.72. The number of hydrogen-bond acceptors (Lipinski definition) is 4. The van der Waals surface area contributed by atoms with E-state index < -0.39 is 11.9 Å². The second-order valence-electron chi connectivity index (χ2n) is 11.1. The van der Waals surface area contributed by atoms with Crippen LogP contribution in [-0.4, -0.2) is 22.0 Å². The molecule has 0 bridgehead atoms. The molecule has 1 aliphatic rings. The fourth-order valence-corrected chi connectivity index (χ4v) is 5.49. The van der Waals surface area contributed by atoms with Gasteiger partial charge in [-0.15, -0.1) is 0 Å². The predicted octanol–water partition coefficient (Wildman–Crippen LogP) is 7.72. The van der Waals surface area contributed by atoms with Gasteiger partial charge < -0.3 is 9.84 Å². The van der Waals surface area contributed by atoms with Crippen molar-refractivity contribution < 1.29 is 19.4 Å². The van der Waals surface area contributed by atoms with E-state index in [4.69, 9.17) is 4.74 Å². The maximum absolute atomic E-state index is 13.6. The number of benzene rings is 2. The molecule has 4 rings (SSSR count). The zero-order chi connectivity index (χ0) is 27.1. The second kappa shape index (κ2) is 12.4. The van der Waals surface area contributed by atoms with Crippen LogP contribution in [0.5, 0.6) is 5.88 Å². The molecule has 0 amide bonds. The predicted molar refractivity (Wildman–Crippen MR) is 150 cm³/mol. The molecule has 2 aromatic carbocycles. The molecule has 5 heteroatoms. The number of nitrogens with zero attached hydrogens (tertiary/aromatic N) is 1. The van der Waals surface area contributed by atoms with Crippen molar-refractivity contribution in [2.75, 3.05) is 0 Å². The number of esters is 1. The zero-order valence-electron chi connectivity index (χ0n) is 22.9. The van der Waals surface area contributed by atoms with E-state index in [-0.39, 0.29) is 16.9 Å². The Bertz CT molecular complexity index is 1280. The molecule has 0 saturated heterocycles. The number of aromatic carboxylic acids is 1. The number of aryl methyl sites for hydroxylation is 2. The van der Waals surface area contributed by atoms with Gasteiger partial charge in [0.05, 0.1) is 16.8 Å². The van der Waals surface area contributed by atoms with Crippen LogP contribution < -0.4 is 4.74 Å². The Morgan fingerprint density at radius 3 is 2.50 bits per heavy atom. The smallest absolute Gasteiger partial charge is 0.345 e. The first-order valence-corrected chi connectivity index (χ1v) is 13.9. The van der Waals surface area contributed by atoms with Crippen molar-refractivity contribution in [3.63, 3.8) is 0 Å². The molecule has 200 valence electrons. The molecule has 0 saturated carbocycles. The van der Waals surface area contributed by atoms with Gasteiger partial charge in [-0.1, -0.05) is 82.9 Å². The van der Waals surface area contributed by atoms with E-state index in [0.29, 0.717) is 17.7 Å². The Morgan fingerprint density at radius 2 is 1.76 bits per heavy atom. The van der Waals surface area contributed by atoms with Crippen molar-refractivity contribution in [1.82, 2.24) is 4.98 Å². The normalized spacial score (nSPS) is 14.4. The van der Waals surface area contributed by atoms with Crippen molar-refractivity contribution in [2.24, 2.45) is 0 Å². The molecule has 1 heterocycles. The largest absolute Gasteiger partial charge is 0.478 e. The highest BCUT2D eigenvalue weighted by Crippen LogP contribution is 2.37. The molecule has 0 unspecified atom stereocenters. The number of hydrogen-bond donors (Lipinski definition) is 1. The van der Waals surface area contributed by atoms with Crippen LogP contribution in [0.25, 0.3) is 0 Å². The molecular weight excluding hydrogens is 474 g/mol. The van der Waals surface area contributed by atoms with Gasteiger partial charge in [0.25, 0.3) is 0 Å². The number of rotatable bonds is 10. The van der Waals surface area contributed by atoms with E-state index in [0.717, 1.165) is 56.1 Å². The minimum absolute atomic E-state index is 0.0764. The summed E-state index contributed by atoms with van der Waals surface area (Å²) in [6.45, 7) is 6.80. The van der Waals surface area contributed by atoms with Gasteiger partial charge in [0.15, 0.2) is 0 Å². The minimum atomic E-state index is -1.05. The van der Waals surface area contributed by atoms with Crippen LogP contribution in [0.4, 0.5) is 0 Å². The highest BCUT2D eigenvalue weighted by Gasteiger charge is 2.28. The zero-order valence-corrected chi connectivity index (χ0v) is 22.9. The summed E-state index contributed by atoms with van der Waals surface area (Å²) in [5, 5.41) is 9.68. The summed E-state index contributed by atoms with van der Waals surface area (Å²) in [7, 11) is 0. The van der Waals surface area contributed by atoms with Gasteiger partial charge in [-0.2, -0.15) is 0 Å². The summed E-state index contributed by atoms with van der Waals surface area (Å²) in [5.74, 6) is -1.36. The summed E-state index contributed by atoms with van der Waals surface area (Å²) in [6.07, 6.45) is 10.1. The van der Waals surface area contributed by atoms with E-state index in [2.05, 4.69) is 37.9 Å². The first kappa shape index (κ1) is 27.6. The number of ether oxygens (including phenoxy) is 1. The SMILES string of the molecule is CCCCCCc1cc2c(cc1C(=O)Oc1ccc(C(=O)O)c(Cc3ccccc3)n1)CCCCC2(C)C. The summed E-state index contributed by atoms with van der Waals surface area (Å²) in [4.78, 5) is 29.9. The molecule has 0 fully saturated rings. The number of unbranched alkanes of at least 4 members (excludes halogenated alkanes) is 3. The quantitative estimate of drug-likeness (QED) is 0.171. The first-order chi connectivity index (χ1) is 18.3. The van der Waals surface area contributed by atoms with E-state index in [1.165, 1.54) is 36.1 Å². The van der Waals surface area contributed by atoms with Gasteiger partial charge >= 0.3 is 11.9 Å². The van der Waals surface area contributed by atoms with Crippen molar-refractivity contribution in [3.8, 4) is 5.88 Å². The monoisotopic (exact) mass is 513 g/mol. The fraction of sp³-hybridized carbons (Fsp3) is 0.424. The molecule has 1 aromatic heterocycles. The number of carboxylic acids is 1.